The van der Waals surface area contributed by atoms with Crippen molar-refractivity contribution in [1.82, 2.24) is 0 Å². The van der Waals surface area contributed by atoms with Gasteiger partial charge < -0.3 is 13.6 Å². The third kappa shape index (κ3) is 1.80. The molecule has 4 heteroatoms. The van der Waals surface area contributed by atoms with E-state index >= 15 is 0 Å². The molecule has 0 N–H and O–H groups in total. The van der Waals surface area contributed by atoms with Gasteiger partial charge in [-0.3, -0.25) is 0 Å². The molecule has 0 aliphatic carbocycles. The molecule has 3 aromatic rings. The Balaban J connectivity index is 2.46. The fourth-order valence-electron chi connectivity index (χ4n) is 2.17. The van der Waals surface area contributed by atoms with Gasteiger partial charge in [0, 0.05) is 22.8 Å². The Labute approximate surface area is 109 Å². The normalized spacial score (nSPS) is 11.6. The Morgan fingerprint density at radius 1 is 1.05 bits per heavy atom. The minimum Gasteiger partial charge on any atom is -0.490 e. The SMILES string of the molecule is COc1c2oc(C(C)C)cc2cc2ccc(=O)oc12. The summed E-state index contributed by atoms with van der Waals surface area (Å²) in [5.41, 5.74) is 0.640. The van der Waals surface area contributed by atoms with Crippen molar-refractivity contribution in [3.05, 3.63) is 40.4 Å². The number of furan rings is 1. The van der Waals surface area contributed by atoms with E-state index in [0.29, 0.717) is 16.9 Å². The second kappa shape index (κ2) is 4.16. The van der Waals surface area contributed by atoms with Gasteiger partial charge in [-0.05, 0) is 18.2 Å². The lowest BCUT2D eigenvalue weighted by Crippen LogP contribution is -1.96. The molecule has 3 rings (SSSR count). The summed E-state index contributed by atoms with van der Waals surface area (Å²) in [5.74, 6) is 1.63. The highest BCUT2D eigenvalue weighted by Crippen LogP contribution is 2.37. The minimum atomic E-state index is -0.402. The highest BCUT2D eigenvalue weighted by molar-refractivity contribution is 6.00. The maximum absolute atomic E-state index is 11.3. The van der Waals surface area contributed by atoms with Crippen LogP contribution < -0.4 is 10.4 Å². The molecule has 0 aliphatic rings. The van der Waals surface area contributed by atoms with Gasteiger partial charge in [0.05, 0.1) is 7.11 Å². The highest BCUT2D eigenvalue weighted by Gasteiger charge is 2.16. The van der Waals surface area contributed by atoms with E-state index in [4.69, 9.17) is 13.6 Å². The molecule has 98 valence electrons. The second-order valence-electron chi connectivity index (χ2n) is 4.80. The van der Waals surface area contributed by atoms with E-state index in [-0.39, 0.29) is 5.92 Å². The zero-order chi connectivity index (χ0) is 13.6. The van der Waals surface area contributed by atoms with Crippen LogP contribution in [0.4, 0.5) is 0 Å². The van der Waals surface area contributed by atoms with Crippen LogP contribution in [0.1, 0.15) is 25.5 Å². The van der Waals surface area contributed by atoms with E-state index < -0.39 is 5.63 Å². The van der Waals surface area contributed by atoms with E-state index in [1.165, 1.54) is 6.07 Å². The summed E-state index contributed by atoms with van der Waals surface area (Å²) in [6, 6.07) is 7.06. The summed E-state index contributed by atoms with van der Waals surface area (Å²) in [6.07, 6.45) is 0. The Morgan fingerprint density at radius 3 is 2.47 bits per heavy atom. The molecule has 0 unspecified atom stereocenters. The molecule has 0 radical (unpaired) electrons. The van der Waals surface area contributed by atoms with Crippen molar-refractivity contribution in [2.45, 2.75) is 19.8 Å². The maximum atomic E-state index is 11.3. The number of ether oxygens (including phenoxy) is 1. The summed E-state index contributed by atoms with van der Waals surface area (Å²) in [6.45, 7) is 4.12. The number of fused-ring (bicyclic) bond motifs is 2. The lowest BCUT2D eigenvalue weighted by molar-refractivity contribution is 0.399. The van der Waals surface area contributed by atoms with Crippen LogP contribution in [0.15, 0.2) is 37.9 Å². The largest absolute Gasteiger partial charge is 0.490 e. The van der Waals surface area contributed by atoms with Crippen molar-refractivity contribution < 1.29 is 13.6 Å². The van der Waals surface area contributed by atoms with Crippen molar-refractivity contribution in [2.75, 3.05) is 7.11 Å². The lowest BCUT2D eigenvalue weighted by Gasteiger charge is -2.04. The Morgan fingerprint density at radius 2 is 1.79 bits per heavy atom. The molecule has 4 nitrogen and oxygen atoms in total. The number of hydrogen-bond donors (Lipinski definition) is 0. The summed E-state index contributed by atoms with van der Waals surface area (Å²) < 4.78 is 16.4. The van der Waals surface area contributed by atoms with E-state index in [9.17, 15) is 4.79 Å². The van der Waals surface area contributed by atoms with Crippen LogP contribution >= 0.6 is 0 Å². The van der Waals surface area contributed by atoms with Gasteiger partial charge in [0.1, 0.15) is 5.76 Å². The first kappa shape index (κ1) is 11.8. The predicted molar refractivity (Wildman–Crippen MR) is 72.9 cm³/mol. The van der Waals surface area contributed by atoms with Gasteiger partial charge in [-0.1, -0.05) is 13.8 Å². The second-order valence-corrected chi connectivity index (χ2v) is 4.80. The zero-order valence-electron chi connectivity index (χ0n) is 11.0. The van der Waals surface area contributed by atoms with Crippen LogP contribution in [0.5, 0.6) is 5.75 Å². The molecule has 0 saturated heterocycles. The molecule has 0 saturated carbocycles. The Kier molecular flexibility index (Phi) is 2.59. The van der Waals surface area contributed by atoms with Gasteiger partial charge in [-0.2, -0.15) is 0 Å². The van der Waals surface area contributed by atoms with E-state index in [2.05, 4.69) is 13.8 Å². The topological polar surface area (TPSA) is 52.6 Å². The van der Waals surface area contributed by atoms with Gasteiger partial charge in [-0.25, -0.2) is 4.79 Å². The van der Waals surface area contributed by atoms with Crippen molar-refractivity contribution >= 4 is 21.9 Å². The molecule has 0 spiro atoms. The zero-order valence-corrected chi connectivity index (χ0v) is 11.0. The predicted octanol–water partition coefficient (Wildman–Crippen LogP) is 3.67. The molecule has 0 atom stereocenters. The van der Waals surface area contributed by atoms with Crippen LogP contribution in [0, 0.1) is 0 Å². The smallest absolute Gasteiger partial charge is 0.336 e. The standard InChI is InChI=1S/C15H14O4/c1-8(2)11-7-10-6-9-4-5-12(16)19-13(9)15(17-3)14(10)18-11/h4-8H,1-3H3. The summed E-state index contributed by atoms with van der Waals surface area (Å²) in [7, 11) is 1.54. The molecule has 0 bridgehead atoms. The first-order valence-corrected chi connectivity index (χ1v) is 6.14. The highest BCUT2D eigenvalue weighted by atomic mass is 16.5. The van der Waals surface area contributed by atoms with Crippen molar-refractivity contribution in [3.63, 3.8) is 0 Å². The quantitative estimate of drug-likeness (QED) is 0.658. The first-order valence-electron chi connectivity index (χ1n) is 6.14. The molecular weight excluding hydrogens is 244 g/mol. The third-order valence-corrected chi connectivity index (χ3v) is 3.14. The average Bonchev–Trinajstić information content (AvgIpc) is 2.79. The van der Waals surface area contributed by atoms with E-state index in [0.717, 1.165) is 16.5 Å². The third-order valence-electron chi connectivity index (χ3n) is 3.14. The molecule has 0 aliphatic heterocycles. The van der Waals surface area contributed by atoms with Gasteiger partial charge in [0.15, 0.2) is 11.2 Å². The van der Waals surface area contributed by atoms with Gasteiger partial charge in [-0.15, -0.1) is 0 Å². The number of hydrogen-bond acceptors (Lipinski definition) is 4. The average molecular weight is 258 g/mol. The van der Waals surface area contributed by atoms with Gasteiger partial charge >= 0.3 is 5.63 Å². The van der Waals surface area contributed by atoms with Crippen molar-refractivity contribution in [3.8, 4) is 5.75 Å². The number of rotatable bonds is 2. The maximum Gasteiger partial charge on any atom is 0.336 e. The molecule has 19 heavy (non-hydrogen) atoms. The molecule has 0 amide bonds. The van der Waals surface area contributed by atoms with Crippen LogP contribution in [0.3, 0.4) is 0 Å². The molecule has 2 heterocycles. The Bertz CT molecular complexity index is 808. The summed E-state index contributed by atoms with van der Waals surface area (Å²) in [5, 5.41) is 1.77. The molecular formula is C15H14O4. The minimum absolute atomic E-state index is 0.284. The van der Waals surface area contributed by atoms with Gasteiger partial charge in [0.2, 0.25) is 5.75 Å². The number of methoxy groups -OCH3 is 1. The molecule has 2 aromatic heterocycles. The van der Waals surface area contributed by atoms with Crippen molar-refractivity contribution in [1.29, 1.82) is 0 Å². The monoisotopic (exact) mass is 258 g/mol. The number of benzene rings is 1. The molecule has 0 fully saturated rings. The van der Waals surface area contributed by atoms with Gasteiger partial charge in [0.25, 0.3) is 0 Å². The van der Waals surface area contributed by atoms with Crippen LogP contribution in [-0.2, 0) is 0 Å². The van der Waals surface area contributed by atoms with E-state index in [1.54, 1.807) is 13.2 Å². The molecule has 1 aromatic carbocycles. The van der Waals surface area contributed by atoms with Crippen LogP contribution in [0.2, 0.25) is 0 Å². The lowest BCUT2D eigenvalue weighted by atomic mass is 10.1. The van der Waals surface area contributed by atoms with Crippen LogP contribution in [-0.4, -0.2) is 7.11 Å². The first-order chi connectivity index (χ1) is 9.10. The fraction of sp³-hybridized carbons (Fsp3) is 0.267. The summed E-state index contributed by atoms with van der Waals surface area (Å²) >= 11 is 0. The van der Waals surface area contributed by atoms with E-state index in [1.807, 2.05) is 12.1 Å². The van der Waals surface area contributed by atoms with Crippen molar-refractivity contribution in [2.24, 2.45) is 0 Å². The Hall–Kier alpha value is -2.23. The summed E-state index contributed by atoms with van der Waals surface area (Å²) in [4.78, 5) is 11.3. The van der Waals surface area contributed by atoms with Crippen LogP contribution in [0.25, 0.3) is 21.9 Å². The fourth-order valence-corrected chi connectivity index (χ4v) is 2.17.